The molecule has 0 atom stereocenters. The van der Waals surface area contributed by atoms with Crippen molar-refractivity contribution < 1.29 is 0 Å². The predicted octanol–water partition coefficient (Wildman–Crippen LogP) is 5.35. The molecular weight excluding hydrogens is 578 g/mol. The SMILES string of the molecule is c1ccc2c(c1)Cc1cccc3c1B2c1cccc2c4cc5c(cc4n-3c12)c1ccc2c3c1n5-c1ccccc1B3c1ccccc1C2. The van der Waals surface area contributed by atoms with Gasteiger partial charge in [-0.15, -0.1) is 0 Å². The molecule has 6 heterocycles. The Balaban J connectivity index is 1.20. The Labute approximate surface area is 278 Å². The molecule has 7 aromatic carbocycles. The maximum absolute atomic E-state index is 2.61. The summed E-state index contributed by atoms with van der Waals surface area (Å²) in [6.45, 7) is 0.518. The van der Waals surface area contributed by atoms with Crippen LogP contribution in [0.1, 0.15) is 22.3 Å². The summed E-state index contributed by atoms with van der Waals surface area (Å²) in [6, 6.07) is 51.3. The maximum Gasteiger partial charge on any atom is 0.247 e. The molecule has 0 bridgehead atoms. The quantitative estimate of drug-likeness (QED) is 0.207. The standard InChI is InChI=1S/C44H26B2N2/c1-3-13-33-26(10-1)22-28-19-20-30-32-24-40-31(23-39(32)47-37-17-6-5-15-35(37)45(33)42(28)44(30)47)29-12-8-16-36-43(29)48(40)38-18-7-11-27-21-25-9-2-4-14-34(25)46(36)41(27)38/h1-20,23-24H,21-22H2. The first-order valence-corrected chi connectivity index (χ1v) is 17.3. The van der Waals surface area contributed by atoms with Crippen LogP contribution >= 0.6 is 0 Å². The van der Waals surface area contributed by atoms with Crippen molar-refractivity contribution in [3.63, 3.8) is 0 Å². The average Bonchev–Trinajstić information content (AvgIpc) is 3.64. The fourth-order valence-electron chi connectivity index (χ4n) is 10.5. The van der Waals surface area contributed by atoms with Crippen molar-refractivity contribution in [2.75, 3.05) is 0 Å². The van der Waals surface area contributed by atoms with E-state index in [1.807, 2.05) is 0 Å². The molecule has 0 amide bonds. The Morgan fingerprint density at radius 3 is 1.69 bits per heavy atom. The first-order chi connectivity index (χ1) is 23.8. The van der Waals surface area contributed by atoms with E-state index < -0.39 is 0 Å². The largest absolute Gasteiger partial charge is 0.310 e. The predicted molar refractivity (Wildman–Crippen MR) is 203 cm³/mol. The summed E-state index contributed by atoms with van der Waals surface area (Å²) in [4.78, 5) is 0. The Kier molecular flexibility index (Phi) is 4.18. The highest BCUT2D eigenvalue weighted by molar-refractivity contribution is 6.99. The van der Waals surface area contributed by atoms with Crippen molar-refractivity contribution in [1.82, 2.24) is 9.13 Å². The van der Waals surface area contributed by atoms with Gasteiger partial charge in [0.15, 0.2) is 0 Å². The van der Waals surface area contributed by atoms with Crippen LogP contribution in [0.3, 0.4) is 0 Å². The number of hydrogen-bond acceptors (Lipinski definition) is 0. The molecule has 0 unspecified atom stereocenters. The fraction of sp³-hybridized carbons (Fsp3) is 0.0455. The highest BCUT2D eigenvalue weighted by Crippen LogP contribution is 2.41. The van der Waals surface area contributed by atoms with E-state index in [1.165, 1.54) is 110 Å². The lowest BCUT2D eigenvalue weighted by atomic mass is 9.32. The van der Waals surface area contributed by atoms with Crippen LogP contribution in [0.4, 0.5) is 0 Å². The number of benzene rings is 7. The smallest absolute Gasteiger partial charge is 0.247 e. The first-order valence-electron chi connectivity index (χ1n) is 17.3. The molecule has 9 aromatic rings. The van der Waals surface area contributed by atoms with Gasteiger partial charge in [0.1, 0.15) is 0 Å². The van der Waals surface area contributed by atoms with E-state index in [9.17, 15) is 0 Å². The topological polar surface area (TPSA) is 9.86 Å². The van der Waals surface area contributed by atoms with E-state index in [0.29, 0.717) is 0 Å². The minimum atomic E-state index is 0.259. The second kappa shape index (κ2) is 8.21. The minimum absolute atomic E-state index is 0.259. The summed E-state index contributed by atoms with van der Waals surface area (Å²) in [5, 5.41) is 5.38. The van der Waals surface area contributed by atoms with Crippen LogP contribution in [-0.2, 0) is 12.8 Å². The summed E-state index contributed by atoms with van der Waals surface area (Å²) in [5.74, 6) is 0. The summed E-state index contributed by atoms with van der Waals surface area (Å²) in [5.41, 5.74) is 22.6. The highest BCUT2D eigenvalue weighted by Gasteiger charge is 2.40. The van der Waals surface area contributed by atoms with Gasteiger partial charge in [0.2, 0.25) is 13.4 Å². The monoisotopic (exact) mass is 604 g/mol. The van der Waals surface area contributed by atoms with Gasteiger partial charge in [-0.25, -0.2) is 0 Å². The summed E-state index contributed by atoms with van der Waals surface area (Å²) in [7, 11) is 0. The van der Waals surface area contributed by atoms with Crippen molar-refractivity contribution in [3.8, 4) is 11.4 Å². The van der Waals surface area contributed by atoms with Crippen LogP contribution in [0.25, 0.3) is 55.0 Å². The highest BCUT2D eigenvalue weighted by atomic mass is 15.0. The Morgan fingerprint density at radius 2 is 0.917 bits per heavy atom. The van der Waals surface area contributed by atoms with Crippen molar-refractivity contribution in [2.24, 2.45) is 0 Å². The number of para-hydroxylation sites is 2. The van der Waals surface area contributed by atoms with Gasteiger partial charge in [0.25, 0.3) is 0 Å². The third-order valence-electron chi connectivity index (χ3n) is 12.3. The van der Waals surface area contributed by atoms with Crippen LogP contribution in [0.15, 0.2) is 133 Å². The second-order valence-corrected chi connectivity index (χ2v) is 14.4. The molecule has 0 N–H and O–H groups in total. The van der Waals surface area contributed by atoms with Gasteiger partial charge in [-0.2, -0.15) is 0 Å². The number of rotatable bonds is 0. The Morgan fingerprint density at radius 1 is 0.375 bits per heavy atom. The molecule has 48 heavy (non-hydrogen) atoms. The molecule has 0 fully saturated rings. The molecule has 0 radical (unpaired) electrons. The molecule has 0 saturated heterocycles. The molecular formula is C44H26B2N2. The molecule has 218 valence electrons. The van der Waals surface area contributed by atoms with Gasteiger partial charge >= 0.3 is 0 Å². The molecule has 0 spiro atoms. The first kappa shape index (κ1) is 24.4. The molecule has 0 saturated carbocycles. The lowest BCUT2D eigenvalue weighted by Crippen LogP contribution is -2.60. The number of nitrogens with zero attached hydrogens (tertiary/aromatic N) is 2. The molecule has 0 aliphatic carbocycles. The number of fused-ring (bicyclic) bond motifs is 15. The van der Waals surface area contributed by atoms with Gasteiger partial charge in [-0.3, -0.25) is 0 Å². The maximum atomic E-state index is 2.61. The Hall–Kier alpha value is -5.73. The minimum Gasteiger partial charge on any atom is -0.310 e. The zero-order chi connectivity index (χ0) is 30.8. The number of aromatic nitrogens is 2. The van der Waals surface area contributed by atoms with Gasteiger partial charge in [-0.1, -0.05) is 120 Å². The van der Waals surface area contributed by atoms with Crippen molar-refractivity contribution in [2.45, 2.75) is 12.8 Å². The second-order valence-electron chi connectivity index (χ2n) is 14.4. The zero-order valence-corrected chi connectivity index (χ0v) is 26.2. The molecule has 2 aromatic heterocycles. The van der Waals surface area contributed by atoms with E-state index >= 15 is 0 Å². The molecule has 2 nitrogen and oxygen atoms in total. The van der Waals surface area contributed by atoms with Crippen molar-refractivity contribution in [1.29, 1.82) is 0 Å². The van der Waals surface area contributed by atoms with Crippen LogP contribution in [0.2, 0.25) is 0 Å². The van der Waals surface area contributed by atoms with E-state index in [-0.39, 0.29) is 13.4 Å². The van der Waals surface area contributed by atoms with E-state index in [1.54, 1.807) is 0 Å². The van der Waals surface area contributed by atoms with Crippen molar-refractivity contribution >= 4 is 89.8 Å². The fourth-order valence-corrected chi connectivity index (χ4v) is 10.5. The zero-order valence-electron chi connectivity index (χ0n) is 26.2. The molecule has 13 rings (SSSR count). The average molecular weight is 604 g/mol. The lowest BCUT2D eigenvalue weighted by Gasteiger charge is -2.33. The van der Waals surface area contributed by atoms with Crippen LogP contribution in [0, 0.1) is 0 Å². The van der Waals surface area contributed by atoms with Crippen LogP contribution in [-0.4, -0.2) is 22.6 Å². The summed E-state index contributed by atoms with van der Waals surface area (Å²) < 4.78 is 5.21. The van der Waals surface area contributed by atoms with E-state index in [2.05, 4.69) is 143 Å². The van der Waals surface area contributed by atoms with Gasteiger partial charge in [0, 0.05) is 44.0 Å². The Bertz CT molecular complexity index is 2980. The van der Waals surface area contributed by atoms with Gasteiger partial charge in [-0.05, 0) is 81.2 Å². The van der Waals surface area contributed by atoms with Crippen LogP contribution < -0.4 is 32.8 Å². The third-order valence-corrected chi connectivity index (χ3v) is 12.3. The number of hydrogen-bond donors (Lipinski definition) is 0. The summed E-state index contributed by atoms with van der Waals surface area (Å²) in [6.07, 6.45) is 1.98. The van der Waals surface area contributed by atoms with Gasteiger partial charge in [0.05, 0.1) is 11.0 Å². The third kappa shape index (κ3) is 2.68. The molecule has 4 heteroatoms. The molecule has 4 aliphatic heterocycles. The normalized spacial score (nSPS) is 14.4. The van der Waals surface area contributed by atoms with Gasteiger partial charge < -0.3 is 9.13 Å². The van der Waals surface area contributed by atoms with E-state index in [4.69, 9.17) is 0 Å². The molecule has 4 aliphatic rings. The summed E-state index contributed by atoms with van der Waals surface area (Å²) >= 11 is 0. The lowest BCUT2D eigenvalue weighted by molar-refractivity contribution is 1.14. The van der Waals surface area contributed by atoms with Crippen molar-refractivity contribution in [3.05, 3.63) is 156 Å². The van der Waals surface area contributed by atoms with E-state index in [0.717, 1.165) is 12.8 Å². The van der Waals surface area contributed by atoms with Crippen LogP contribution in [0.5, 0.6) is 0 Å².